The fourth-order valence-corrected chi connectivity index (χ4v) is 4.08. The Morgan fingerprint density at radius 1 is 1.19 bits per heavy atom. The molecule has 1 aromatic rings. The van der Waals surface area contributed by atoms with Crippen molar-refractivity contribution in [2.45, 2.75) is 64.0 Å². The van der Waals surface area contributed by atoms with Gasteiger partial charge in [0, 0.05) is 11.6 Å². The molecule has 1 atom stereocenters. The number of hydrogen-bond donors (Lipinski definition) is 2. The Morgan fingerprint density at radius 3 is 2.43 bits per heavy atom. The number of likely N-dealkylation sites (N-methyl/N-ethyl adjacent to an activating group) is 1. The third kappa shape index (κ3) is 3.15. The summed E-state index contributed by atoms with van der Waals surface area (Å²) >= 11 is 0. The SMILES string of the molecule is CCC(CC)(C(Cc1ccc2c(c1)CCC2)NN)N(C)C. The minimum atomic E-state index is 0.105. The number of hydrazine groups is 1. The van der Waals surface area contributed by atoms with Crippen molar-refractivity contribution < 1.29 is 0 Å². The van der Waals surface area contributed by atoms with Crippen LogP contribution in [0, 0.1) is 0 Å². The summed E-state index contributed by atoms with van der Waals surface area (Å²) in [5.74, 6) is 5.93. The quantitative estimate of drug-likeness (QED) is 0.599. The zero-order valence-corrected chi connectivity index (χ0v) is 14.1. The van der Waals surface area contributed by atoms with E-state index in [1.807, 2.05) is 0 Å². The van der Waals surface area contributed by atoms with Gasteiger partial charge in [-0.3, -0.25) is 11.3 Å². The van der Waals surface area contributed by atoms with Gasteiger partial charge in [0.1, 0.15) is 0 Å². The molecule has 1 aliphatic carbocycles. The summed E-state index contributed by atoms with van der Waals surface area (Å²) in [7, 11) is 4.33. The van der Waals surface area contributed by atoms with E-state index in [0.29, 0.717) is 0 Å². The number of rotatable bonds is 7. The molecule has 3 nitrogen and oxygen atoms in total. The Kier molecular flexibility index (Phi) is 5.42. The van der Waals surface area contributed by atoms with Gasteiger partial charge in [-0.2, -0.15) is 0 Å². The summed E-state index contributed by atoms with van der Waals surface area (Å²) < 4.78 is 0. The van der Waals surface area contributed by atoms with E-state index in [0.717, 1.165) is 19.3 Å². The Morgan fingerprint density at radius 2 is 1.86 bits per heavy atom. The zero-order valence-electron chi connectivity index (χ0n) is 14.1. The zero-order chi connectivity index (χ0) is 15.5. The van der Waals surface area contributed by atoms with Crippen LogP contribution >= 0.6 is 0 Å². The van der Waals surface area contributed by atoms with E-state index in [-0.39, 0.29) is 11.6 Å². The summed E-state index contributed by atoms with van der Waals surface area (Å²) in [5, 5.41) is 0. The first-order valence-corrected chi connectivity index (χ1v) is 8.31. The molecule has 0 aliphatic heterocycles. The Hall–Kier alpha value is -0.900. The monoisotopic (exact) mass is 289 g/mol. The minimum absolute atomic E-state index is 0.105. The molecule has 0 fully saturated rings. The van der Waals surface area contributed by atoms with Crippen LogP contribution in [0.5, 0.6) is 0 Å². The van der Waals surface area contributed by atoms with Crippen LogP contribution in [-0.4, -0.2) is 30.6 Å². The first kappa shape index (κ1) is 16.5. The molecule has 1 aromatic carbocycles. The van der Waals surface area contributed by atoms with Gasteiger partial charge >= 0.3 is 0 Å². The first-order valence-electron chi connectivity index (χ1n) is 8.31. The molecule has 0 radical (unpaired) electrons. The van der Waals surface area contributed by atoms with Gasteiger partial charge < -0.3 is 4.90 Å². The molecule has 2 rings (SSSR count). The number of fused-ring (bicyclic) bond motifs is 1. The van der Waals surface area contributed by atoms with E-state index in [1.165, 1.54) is 24.8 Å². The maximum Gasteiger partial charge on any atom is 0.0434 e. The molecule has 3 N–H and O–H groups in total. The predicted molar refractivity (Wildman–Crippen MR) is 90.3 cm³/mol. The molecule has 1 aliphatic rings. The molecule has 0 aromatic heterocycles. The number of nitrogens with two attached hydrogens (primary N) is 1. The van der Waals surface area contributed by atoms with Gasteiger partial charge in [0.05, 0.1) is 0 Å². The van der Waals surface area contributed by atoms with Crippen LogP contribution in [0.2, 0.25) is 0 Å². The lowest BCUT2D eigenvalue weighted by Crippen LogP contribution is -2.61. The van der Waals surface area contributed by atoms with Crippen molar-refractivity contribution in [1.29, 1.82) is 0 Å². The summed E-state index contributed by atoms with van der Waals surface area (Å²) in [6.07, 6.45) is 6.98. The van der Waals surface area contributed by atoms with Crippen molar-refractivity contribution in [3.05, 3.63) is 34.9 Å². The van der Waals surface area contributed by atoms with Crippen molar-refractivity contribution in [2.75, 3.05) is 14.1 Å². The second-order valence-corrected chi connectivity index (χ2v) is 6.59. The lowest BCUT2D eigenvalue weighted by Gasteiger charge is -2.45. The van der Waals surface area contributed by atoms with Crippen molar-refractivity contribution in [1.82, 2.24) is 10.3 Å². The number of hydrogen-bond acceptors (Lipinski definition) is 3. The van der Waals surface area contributed by atoms with Gasteiger partial charge in [0.15, 0.2) is 0 Å². The molecule has 0 saturated carbocycles. The number of nitrogens with one attached hydrogen (secondary N) is 1. The summed E-state index contributed by atoms with van der Waals surface area (Å²) in [6.45, 7) is 4.52. The maximum atomic E-state index is 5.93. The molecule has 3 heteroatoms. The van der Waals surface area contributed by atoms with Gasteiger partial charge in [0.2, 0.25) is 0 Å². The summed E-state index contributed by atoms with van der Waals surface area (Å²) in [5.41, 5.74) is 7.70. The van der Waals surface area contributed by atoms with Crippen LogP contribution in [-0.2, 0) is 19.3 Å². The first-order chi connectivity index (χ1) is 10.1. The van der Waals surface area contributed by atoms with E-state index in [4.69, 9.17) is 5.84 Å². The Balaban J connectivity index is 2.22. The highest BCUT2D eigenvalue weighted by molar-refractivity contribution is 5.35. The van der Waals surface area contributed by atoms with Crippen LogP contribution in [0.3, 0.4) is 0 Å². The van der Waals surface area contributed by atoms with Gasteiger partial charge in [-0.15, -0.1) is 0 Å². The standard InChI is InChI=1S/C18H31N3/c1-5-18(6-2,21(3)4)17(20-19)13-14-10-11-15-8-7-9-16(15)12-14/h10-12,17,20H,5-9,13,19H2,1-4H3. The largest absolute Gasteiger partial charge is 0.302 e. The third-order valence-corrected chi connectivity index (χ3v) is 5.57. The normalized spacial score (nSPS) is 16.3. The summed E-state index contributed by atoms with van der Waals surface area (Å²) in [4.78, 5) is 2.34. The molecule has 1 unspecified atom stereocenters. The fourth-order valence-electron chi connectivity index (χ4n) is 4.08. The number of nitrogens with zero attached hydrogens (tertiary/aromatic N) is 1. The smallest absolute Gasteiger partial charge is 0.0434 e. The third-order valence-electron chi connectivity index (χ3n) is 5.57. The number of aryl methyl sites for hydroxylation is 2. The van der Waals surface area contributed by atoms with Crippen molar-refractivity contribution in [3.63, 3.8) is 0 Å². The van der Waals surface area contributed by atoms with Crippen LogP contribution in [0.1, 0.15) is 49.8 Å². The molecule has 0 bridgehead atoms. The van der Waals surface area contributed by atoms with E-state index in [2.05, 4.69) is 56.5 Å². The lowest BCUT2D eigenvalue weighted by atomic mass is 9.80. The highest BCUT2D eigenvalue weighted by atomic mass is 15.3. The lowest BCUT2D eigenvalue weighted by molar-refractivity contribution is 0.0882. The second-order valence-electron chi connectivity index (χ2n) is 6.59. The molecule has 0 heterocycles. The minimum Gasteiger partial charge on any atom is -0.302 e. The van der Waals surface area contributed by atoms with E-state index in [9.17, 15) is 0 Å². The van der Waals surface area contributed by atoms with Gasteiger partial charge in [-0.25, -0.2) is 0 Å². The van der Waals surface area contributed by atoms with Crippen LogP contribution < -0.4 is 11.3 Å². The maximum absolute atomic E-state index is 5.93. The molecule has 0 amide bonds. The molecule has 0 spiro atoms. The van der Waals surface area contributed by atoms with Crippen molar-refractivity contribution >= 4 is 0 Å². The van der Waals surface area contributed by atoms with Crippen molar-refractivity contribution in [2.24, 2.45) is 5.84 Å². The molecular weight excluding hydrogens is 258 g/mol. The van der Waals surface area contributed by atoms with Gasteiger partial charge in [-0.05, 0) is 69.3 Å². The Labute approximate surface area is 129 Å². The average molecular weight is 289 g/mol. The van der Waals surface area contributed by atoms with Crippen LogP contribution in [0.15, 0.2) is 18.2 Å². The highest BCUT2D eigenvalue weighted by Gasteiger charge is 2.37. The highest BCUT2D eigenvalue weighted by Crippen LogP contribution is 2.29. The van der Waals surface area contributed by atoms with E-state index < -0.39 is 0 Å². The topological polar surface area (TPSA) is 41.3 Å². The van der Waals surface area contributed by atoms with Gasteiger partial charge in [0.25, 0.3) is 0 Å². The van der Waals surface area contributed by atoms with E-state index in [1.54, 1.807) is 11.1 Å². The van der Waals surface area contributed by atoms with Crippen LogP contribution in [0.4, 0.5) is 0 Å². The fraction of sp³-hybridized carbons (Fsp3) is 0.667. The van der Waals surface area contributed by atoms with Crippen molar-refractivity contribution in [3.8, 4) is 0 Å². The second kappa shape index (κ2) is 6.91. The molecule has 0 saturated heterocycles. The average Bonchev–Trinajstić information content (AvgIpc) is 2.95. The molecule has 21 heavy (non-hydrogen) atoms. The van der Waals surface area contributed by atoms with E-state index >= 15 is 0 Å². The summed E-state index contributed by atoms with van der Waals surface area (Å²) in [6, 6.07) is 7.28. The van der Waals surface area contributed by atoms with Crippen LogP contribution in [0.25, 0.3) is 0 Å². The Bertz CT molecular complexity index is 464. The van der Waals surface area contributed by atoms with Gasteiger partial charge in [-0.1, -0.05) is 32.0 Å². The number of benzene rings is 1. The predicted octanol–water partition coefficient (Wildman–Crippen LogP) is 2.67. The molecule has 118 valence electrons. The molecular formula is C18H31N3.